The van der Waals surface area contributed by atoms with Crippen LogP contribution in [0.25, 0.3) is 0 Å². The van der Waals surface area contributed by atoms with Crippen molar-refractivity contribution in [3.8, 4) is 0 Å². The molecule has 94 valence electrons. The van der Waals surface area contributed by atoms with E-state index in [1.165, 1.54) is 0 Å². The lowest BCUT2D eigenvalue weighted by molar-refractivity contribution is 0.784. The average Bonchev–Trinajstić information content (AvgIpc) is 2.31. The van der Waals surface area contributed by atoms with Crippen LogP contribution in [0.2, 0.25) is 5.02 Å². The molecule has 0 unspecified atom stereocenters. The predicted octanol–water partition coefficient (Wildman–Crippen LogP) is 3.14. The molecular formula is C14H15ClN2O. The van der Waals surface area contributed by atoms with Crippen molar-refractivity contribution in [2.45, 2.75) is 26.2 Å². The maximum absolute atomic E-state index is 11.6. The van der Waals surface area contributed by atoms with Crippen LogP contribution in [0, 0.1) is 0 Å². The van der Waals surface area contributed by atoms with Crippen LogP contribution in [0.5, 0.6) is 0 Å². The second-order valence-electron chi connectivity index (χ2n) is 4.54. The van der Waals surface area contributed by atoms with E-state index < -0.39 is 0 Å². The third kappa shape index (κ3) is 2.99. The van der Waals surface area contributed by atoms with E-state index in [1.807, 2.05) is 38.1 Å². The number of benzene rings is 1. The zero-order valence-corrected chi connectivity index (χ0v) is 11.2. The molecule has 0 fully saturated rings. The van der Waals surface area contributed by atoms with E-state index in [0.717, 1.165) is 11.3 Å². The maximum atomic E-state index is 11.6. The van der Waals surface area contributed by atoms with E-state index in [-0.39, 0.29) is 11.5 Å². The molecule has 1 aromatic carbocycles. The molecule has 4 heteroatoms. The van der Waals surface area contributed by atoms with E-state index in [4.69, 9.17) is 11.6 Å². The highest BCUT2D eigenvalue weighted by atomic mass is 35.5. The van der Waals surface area contributed by atoms with E-state index in [1.54, 1.807) is 6.07 Å². The summed E-state index contributed by atoms with van der Waals surface area (Å²) in [6.07, 6.45) is 0.537. The molecule has 0 atom stereocenters. The molecule has 18 heavy (non-hydrogen) atoms. The van der Waals surface area contributed by atoms with Gasteiger partial charge in [-0.15, -0.1) is 0 Å². The van der Waals surface area contributed by atoms with Crippen LogP contribution < -0.4 is 5.56 Å². The number of hydrogen-bond acceptors (Lipinski definition) is 2. The lowest BCUT2D eigenvalue weighted by Gasteiger charge is -2.07. The number of nitrogens with one attached hydrogen (secondary N) is 1. The Morgan fingerprint density at radius 1 is 1.33 bits per heavy atom. The largest absolute Gasteiger partial charge is 0.310 e. The Morgan fingerprint density at radius 2 is 2.06 bits per heavy atom. The molecule has 0 aliphatic heterocycles. The molecule has 1 heterocycles. The Balaban J connectivity index is 2.35. The first kappa shape index (κ1) is 12.8. The van der Waals surface area contributed by atoms with Crippen LogP contribution in [0.15, 0.2) is 35.1 Å². The number of halogens is 1. The fourth-order valence-corrected chi connectivity index (χ4v) is 1.93. The lowest BCUT2D eigenvalue weighted by Crippen LogP contribution is -2.14. The van der Waals surface area contributed by atoms with Crippen LogP contribution in [-0.2, 0) is 6.42 Å². The number of rotatable bonds is 3. The normalized spacial score (nSPS) is 10.9. The SMILES string of the molecule is CC(C)c1cc(=O)[nH]c(Cc2ccccc2Cl)n1. The molecule has 2 rings (SSSR count). The molecule has 2 aromatic rings. The van der Waals surface area contributed by atoms with Gasteiger partial charge in [0.2, 0.25) is 0 Å². The van der Waals surface area contributed by atoms with Gasteiger partial charge in [-0.1, -0.05) is 43.6 Å². The van der Waals surface area contributed by atoms with Gasteiger partial charge in [-0.2, -0.15) is 0 Å². The standard InChI is InChI=1S/C14H15ClN2O/c1-9(2)12-8-14(18)17-13(16-12)7-10-5-3-4-6-11(10)15/h3-6,8-9H,7H2,1-2H3,(H,16,17,18). The van der Waals surface area contributed by atoms with Gasteiger partial charge in [0.15, 0.2) is 0 Å². The molecule has 0 aliphatic carbocycles. The quantitative estimate of drug-likeness (QED) is 0.924. The van der Waals surface area contributed by atoms with Crippen molar-refractivity contribution < 1.29 is 0 Å². The third-order valence-electron chi connectivity index (χ3n) is 2.72. The molecule has 0 amide bonds. The molecule has 0 spiro atoms. The Labute approximate surface area is 111 Å². The maximum Gasteiger partial charge on any atom is 0.251 e. The zero-order valence-electron chi connectivity index (χ0n) is 10.4. The van der Waals surface area contributed by atoms with Crippen LogP contribution in [-0.4, -0.2) is 9.97 Å². The van der Waals surface area contributed by atoms with Crippen LogP contribution in [0.3, 0.4) is 0 Å². The summed E-state index contributed by atoms with van der Waals surface area (Å²) in [5.74, 6) is 0.886. The number of hydrogen-bond donors (Lipinski definition) is 1. The van der Waals surface area contributed by atoms with Gasteiger partial charge in [-0.3, -0.25) is 4.79 Å². The first-order valence-corrected chi connectivity index (χ1v) is 6.27. The first-order valence-electron chi connectivity index (χ1n) is 5.90. The second kappa shape index (κ2) is 5.36. The van der Waals surface area contributed by atoms with E-state index in [0.29, 0.717) is 17.3 Å². The Morgan fingerprint density at radius 3 is 2.72 bits per heavy atom. The van der Waals surface area contributed by atoms with Gasteiger partial charge in [-0.05, 0) is 17.5 Å². The van der Waals surface area contributed by atoms with E-state index >= 15 is 0 Å². The third-order valence-corrected chi connectivity index (χ3v) is 3.09. The monoisotopic (exact) mass is 262 g/mol. The molecule has 1 N–H and O–H groups in total. The van der Waals surface area contributed by atoms with Crippen molar-refractivity contribution >= 4 is 11.6 Å². The minimum Gasteiger partial charge on any atom is -0.310 e. The fourth-order valence-electron chi connectivity index (χ4n) is 1.73. The van der Waals surface area contributed by atoms with E-state index in [9.17, 15) is 4.79 Å². The van der Waals surface area contributed by atoms with Gasteiger partial charge >= 0.3 is 0 Å². The van der Waals surface area contributed by atoms with E-state index in [2.05, 4.69) is 9.97 Å². The van der Waals surface area contributed by atoms with Crippen molar-refractivity contribution in [1.29, 1.82) is 0 Å². The van der Waals surface area contributed by atoms with Crippen molar-refractivity contribution in [2.24, 2.45) is 0 Å². The molecule has 1 aromatic heterocycles. The lowest BCUT2D eigenvalue weighted by atomic mass is 10.1. The number of aromatic nitrogens is 2. The summed E-state index contributed by atoms with van der Waals surface area (Å²) in [4.78, 5) is 18.8. The smallest absolute Gasteiger partial charge is 0.251 e. The highest BCUT2D eigenvalue weighted by Crippen LogP contribution is 2.17. The Bertz CT molecular complexity index is 605. The summed E-state index contributed by atoms with van der Waals surface area (Å²) < 4.78 is 0. The number of nitrogens with zero attached hydrogens (tertiary/aromatic N) is 1. The average molecular weight is 263 g/mol. The topological polar surface area (TPSA) is 45.8 Å². The Kier molecular flexibility index (Phi) is 3.82. The summed E-state index contributed by atoms with van der Waals surface area (Å²) in [5.41, 5.74) is 1.65. The summed E-state index contributed by atoms with van der Waals surface area (Å²) in [5, 5.41) is 0.690. The van der Waals surface area contributed by atoms with Crippen LogP contribution >= 0.6 is 11.6 Å². The highest BCUT2D eigenvalue weighted by Gasteiger charge is 2.07. The first-order chi connectivity index (χ1) is 8.56. The van der Waals surface area contributed by atoms with Crippen molar-refractivity contribution in [1.82, 2.24) is 9.97 Å². The van der Waals surface area contributed by atoms with Gasteiger partial charge < -0.3 is 4.98 Å². The molecule has 0 aliphatic rings. The van der Waals surface area contributed by atoms with Gasteiger partial charge in [0.05, 0.1) is 5.69 Å². The van der Waals surface area contributed by atoms with Gasteiger partial charge in [0.25, 0.3) is 5.56 Å². The summed E-state index contributed by atoms with van der Waals surface area (Å²) in [7, 11) is 0. The van der Waals surface area contributed by atoms with Gasteiger partial charge in [0, 0.05) is 17.5 Å². The Hall–Kier alpha value is -1.61. The molecule has 0 saturated heterocycles. The number of aromatic amines is 1. The second-order valence-corrected chi connectivity index (χ2v) is 4.95. The van der Waals surface area contributed by atoms with Crippen molar-refractivity contribution in [2.75, 3.05) is 0 Å². The summed E-state index contributed by atoms with van der Waals surface area (Å²) >= 11 is 6.10. The van der Waals surface area contributed by atoms with Crippen molar-refractivity contribution in [3.05, 3.63) is 62.8 Å². The minimum atomic E-state index is -0.115. The highest BCUT2D eigenvalue weighted by molar-refractivity contribution is 6.31. The summed E-state index contributed by atoms with van der Waals surface area (Å²) in [6, 6.07) is 9.12. The number of H-pyrrole nitrogens is 1. The fraction of sp³-hybridized carbons (Fsp3) is 0.286. The molecule has 3 nitrogen and oxygen atoms in total. The minimum absolute atomic E-state index is 0.115. The van der Waals surface area contributed by atoms with Crippen LogP contribution in [0.1, 0.15) is 36.8 Å². The van der Waals surface area contributed by atoms with Gasteiger partial charge in [-0.25, -0.2) is 4.98 Å². The molecule has 0 radical (unpaired) electrons. The molecule has 0 saturated carbocycles. The van der Waals surface area contributed by atoms with Gasteiger partial charge in [0.1, 0.15) is 5.82 Å². The molecular weight excluding hydrogens is 248 g/mol. The zero-order chi connectivity index (χ0) is 13.1. The predicted molar refractivity (Wildman–Crippen MR) is 73.2 cm³/mol. The molecule has 0 bridgehead atoms. The summed E-state index contributed by atoms with van der Waals surface area (Å²) in [6.45, 7) is 4.03. The van der Waals surface area contributed by atoms with Crippen molar-refractivity contribution in [3.63, 3.8) is 0 Å². The van der Waals surface area contributed by atoms with Crippen LogP contribution in [0.4, 0.5) is 0 Å².